The first-order valence-corrected chi connectivity index (χ1v) is 4.83. The van der Waals surface area contributed by atoms with Crippen molar-refractivity contribution in [1.29, 1.82) is 0 Å². The molecule has 3 aromatic rings. The third-order valence-electron chi connectivity index (χ3n) is 2.32. The number of aromatic nitrogens is 2. The van der Waals surface area contributed by atoms with Gasteiger partial charge in [0, 0.05) is 13.0 Å². The molecule has 1 aromatic carbocycles. The van der Waals surface area contributed by atoms with Gasteiger partial charge in [-0.1, -0.05) is 11.2 Å². The summed E-state index contributed by atoms with van der Waals surface area (Å²) in [6.07, 6.45) is 0. The van der Waals surface area contributed by atoms with Crippen LogP contribution >= 0.6 is 0 Å². The van der Waals surface area contributed by atoms with Gasteiger partial charge in [-0.2, -0.15) is 0 Å². The summed E-state index contributed by atoms with van der Waals surface area (Å²) in [5, 5.41) is 3.65. The second-order valence-electron chi connectivity index (χ2n) is 3.50. The molecule has 2 N–H and O–H groups in total. The molecule has 0 atom stereocenters. The van der Waals surface area contributed by atoms with Gasteiger partial charge in [-0.15, -0.1) is 0 Å². The lowest BCUT2D eigenvalue weighted by Crippen LogP contribution is -1.80. The molecule has 0 amide bonds. The third kappa shape index (κ3) is 1.25. The first-order chi connectivity index (χ1) is 7.74. The molecule has 0 unspecified atom stereocenters. The molecule has 3 rings (SSSR count). The number of aryl methyl sites for hydroxylation is 1. The fraction of sp³-hybridized carbons (Fsp3) is 0.0909. The minimum atomic E-state index is 0.350. The first-order valence-electron chi connectivity index (χ1n) is 4.83. The number of nitrogens with zero attached hydrogens (tertiary/aromatic N) is 2. The number of rotatable bonds is 1. The molecule has 2 heterocycles. The molecule has 0 fully saturated rings. The highest BCUT2D eigenvalue weighted by Crippen LogP contribution is 2.29. The highest BCUT2D eigenvalue weighted by Gasteiger charge is 2.12. The van der Waals surface area contributed by atoms with Gasteiger partial charge in [0.05, 0.1) is 5.56 Å². The monoisotopic (exact) mass is 215 g/mol. The average Bonchev–Trinajstić information content (AvgIpc) is 2.82. The number of benzene rings is 1. The van der Waals surface area contributed by atoms with Crippen molar-refractivity contribution in [3.63, 3.8) is 0 Å². The molecular weight excluding hydrogens is 206 g/mol. The highest BCUT2D eigenvalue weighted by atomic mass is 16.5. The van der Waals surface area contributed by atoms with Crippen LogP contribution in [-0.2, 0) is 0 Å². The van der Waals surface area contributed by atoms with E-state index in [1.54, 1.807) is 13.0 Å². The van der Waals surface area contributed by atoms with Gasteiger partial charge in [0.15, 0.2) is 23.1 Å². The van der Waals surface area contributed by atoms with E-state index in [-0.39, 0.29) is 0 Å². The van der Waals surface area contributed by atoms with Gasteiger partial charge in [0.2, 0.25) is 0 Å². The lowest BCUT2D eigenvalue weighted by molar-refractivity contribution is 0.435. The summed E-state index contributed by atoms with van der Waals surface area (Å²) in [4.78, 5) is 4.25. The molecule has 0 aliphatic heterocycles. The molecule has 0 radical (unpaired) electrons. The molecule has 0 aliphatic carbocycles. The van der Waals surface area contributed by atoms with Crippen molar-refractivity contribution < 1.29 is 8.94 Å². The molecular formula is C11H9N3O2. The Labute approximate surface area is 90.9 Å². The largest absolute Gasteiger partial charge is 0.440 e. The van der Waals surface area contributed by atoms with Crippen LogP contribution in [0.3, 0.4) is 0 Å². The standard InChI is InChI=1S/C11H9N3O2/c1-6-13-8-4-2-3-7(11(8)15-6)9-5-10(12)14-16-9/h2-5H,1H3,(H2,12,14). The van der Waals surface area contributed by atoms with E-state index in [0.29, 0.717) is 23.1 Å². The number of hydrogen-bond donors (Lipinski definition) is 1. The summed E-state index contributed by atoms with van der Waals surface area (Å²) in [6.45, 7) is 1.80. The smallest absolute Gasteiger partial charge is 0.192 e. The van der Waals surface area contributed by atoms with Crippen molar-refractivity contribution in [3.8, 4) is 11.3 Å². The number of hydrogen-bond acceptors (Lipinski definition) is 5. The van der Waals surface area contributed by atoms with E-state index in [2.05, 4.69) is 10.1 Å². The number of nitrogens with two attached hydrogens (primary N) is 1. The lowest BCUT2D eigenvalue weighted by Gasteiger charge is -1.94. The van der Waals surface area contributed by atoms with Crippen LogP contribution in [0.2, 0.25) is 0 Å². The van der Waals surface area contributed by atoms with Crippen molar-refractivity contribution in [2.45, 2.75) is 6.92 Å². The number of para-hydroxylation sites is 1. The summed E-state index contributed by atoms with van der Waals surface area (Å²) in [7, 11) is 0. The minimum Gasteiger partial charge on any atom is -0.440 e. The zero-order chi connectivity index (χ0) is 11.1. The molecule has 0 spiro atoms. The van der Waals surface area contributed by atoms with Crippen LogP contribution in [0.4, 0.5) is 5.82 Å². The second-order valence-corrected chi connectivity index (χ2v) is 3.50. The fourth-order valence-electron chi connectivity index (χ4n) is 1.67. The van der Waals surface area contributed by atoms with E-state index in [9.17, 15) is 0 Å². The van der Waals surface area contributed by atoms with E-state index in [0.717, 1.165) is 11.1 Å². The van der Waals surface area contributed by atoms with Crippen LogP contribution in [-0.4, -0.2) is 10.1 Å². The van der Waals surface area contributed by atoms with Crippen LogP contribution < -0.4 is 5.73 Å². The van der Waals surface area contributed by atoms with Crippen LogP contribution in [0.5, 0.6) is 0 Å². The van der Waals surface area contributed by atoms with Crippen molar-refractivity contribution in [2.24, 2.45) is 0 Å². The zero-order valence-electron chi connectivity index (χ0n) is 8.60. The Morgan fingerprint density at radius 1 is 1.31 bits per heavy atom. The first kappa shape index (κ1) is 8.96. The van der Waals surface area contributed by atoms with Crippen LogP contribution in [0.25, 0.3) is 22.4 Å². The molecule has 0 aliphatic rings. The molecule has 0 saturated carbocycles. The van der Waals surface area contributed by atoms with Gasteiger partial charge in [0.25, 0.3) is 0 Å². The highest BCUT2D eigenvalue weighted by molar-refractivity contribution is 5.88. The SMILES string of the molecule is Cc1nc2cccc(-c3cc(N)no3)c2o1. The van der Waals surface area contributed by atoms with Gasteiger partial charge >= 0.3 is 0 Å². The summed E-state index contributed by atoms with van der Waals surface area (Å²) in [6, 6.07) is 7.31. The van der Waals surface area contributed by atoms with Crippen molar-refractivity contribution >= 4 is 16.9 Å². The average molecular weight is 215 g/mol. The number of oxazole rings is 1. The molecule has 80 valence electrons. The molecule has 0 bridgehead atoms. The van der Waals surface area contributed by atoms with Crippen LogP contribution in [0.1, 0.15) is 5.89 Å². The Morgan fingerprint density at radius 2 is 2.19 bits per heavy atom. The van der Waals surface area contributed by atoms with E-state index in [4.69, 9.17) is 14.7 Å². The fourth-order valence-corrected chi connectivity index (χ4v) is 1.67. The maximum absolute atomic E-state index is 5.52. The minimum absolute atomic E-state index is 0.350. The van der Waals surface area contributed by atoms with E-state index in [1.165, 1.54) is 0 Å². The van der Waals surface area contributed by atoms with Crippen molar-refractivity contribution in [2.75, 3.05) is 5.73 Å². The molecule has 0 saturated heterocycles. The maximum atomic E-state index is 5.52. The van der Waals surface area contributed by atoms with E-state index < -0.39 is 0 Å². The normalized spacial score (nSPS) is 11.1. The maximum Gasteiger partial charge on any atom is 0.192 e. The summed E-state index contributed by atoms with van der Waals surface area (Å²) < 4.78 is 10.6. The van der Waals surface area contributed by atoms with Gasteiger partial charge in [-0.25, -0.2) is 4.98 Å². The Hall–Kier alpha value is -2.30. The van der Waals surface area contributed by atoms with E-state index in [1.807, 2.05) is 18.2 Å². The second kappa shape index (κ2) is 3.10. The molecule has 5 heteroatoms. The van der Waals surface area contributed by atoms with Gasteiger partial charge in [0.1, 0.15) is 5.52 Å². The number of nitrogen functional groups attached to an aromatic ring is 1. The van der Waals surface area contributed by atoms with Crippen LogP contribution in [0.15, 0.2) is 33.2 Å². The predicted molar refractivity (Wildman–Crippen MR) is 58.7 cm³/mol. The Kier molecular flexibility index (Phi) is 1.73. The number of fused-ring (bicyclic) bond motifs is 1. The topological polar surface area (TPSA) is 78.1 Å². The van der Waals surface area contributed by atoms with Gasteiger partial charge in [-0.05, 0) is 12.1 Å². The summed E-state index contributed by atoms with van der Waals surface area (Å²) in [5.41, 5.74) is 7.81. The Morgan fingerprint density at radius 3 is 2.94 bits per heavy atom. The number of anilines is 1. The summed E-state index contributed by atoms with van der Waals surface area (Å²) >= 11 is 0. The Bertz CT molecular complexity index is 654. The third-order valence-corrected chi connectivity index (χ3v) is 2.32. The molecule has 5 nitrogen and oxygen atoms in total. The van der Waals surface area contributed by atoms with Crippen molar-refractivity contribution in [1.82, 2.24) is 10.1 Å². The summed E-state index contributed by atoms with van der Waals surface area (Å²) in [5.74, 6) is 1.55. The predicted octanol–water partition coefficient (Wildman–Crippen LogP) is 2.37. The quantitative estimate of drug-likeness (QED) is 0.674. The lowest BCUT2D eigenvalue weighted by atomic mass is 10.1. The Balaban J connectivity index is 2.30. The van der Waals surface area contributed by atoms with Crippen molar-refractivity contribution in [3.05, 3.63) is 30.2 Å². The van der Waals surface area contributed by atoms with E-state index >= 15 is 0 Å². The zero-order valence-corrected chi connectivity index (χ0v) is 8.60. The van der Waals surface area contributed by atoms with Gasteiger partial charge in [-0.3, -0.25) is 0 Å². The molecule has 16 heavy (non-hydrogen) atoms. The van der Waals surface area contributed by atoms with Gasteiger partial charge < -0.3 is 14.7 Å². The molecule has 2 aromatic heterocycles. The van der Waals surface area contributed by atoms with Crippen LogP contribution in [0, 0.1) is 6.92 Å².